The van der Waals surface area contributed by atoms with Crippen LogP contribution in [0.3, 0.4) is 0 Å². The molecule has 0 spiro atoms. The van der Waals surface area contributed by atoms with Gasteiger partial charge >= 0.3 is 0 Å². The molecule has 3 rings (SSSR count). The summed E-state index contributed by atoms with van der Waals surface area (Å²) < 4.78 is 5.60. The van der Waals surface area contributed by atoms with Gasteiger partial charge in [-0.15, -0.1) is 0 Å². The fourth-order valence-electron chi connectivity index (χ4n) is 4.56. The van der Waals surface area contributed by atoms with Crippen molar-refractivity contribution in [2.45, 2.75) is 63.5 Å². The molecule has 0 amide bonds. The van der Waals surface area contributed by atoms with Crippen molar-refractivity contribution in [3.8, 4) is 0 Å². The number of ether oxygens (including phenoxy) is 1. The average molecular weight is 280 g/mol. The van der Waals surface area contributed by atoms with Gasteiger partial charge in [0.05, 0.1) is 6.61 Å². The fraction of sp³-hybridized carbons (Fsp3) is 1.00. The molecule has 3 aliphatic rings. The van der Waals surface area contributed by atoms with E-state index in [1.807, 2.05) is 0 Å². The summed E-state index contributed by atoms with van der Waals surface area (Å²) in [6, 6.07) is 1.55. The summed E-state index contributed by atoms with van der Waals surface area (Å²) in [6.45, 7) is 4.40. The Hall–Kier alpha value is -0.120. The summed E-state index contributed by atoms with van der Waals surface area (Å²) in [6.07, 6.45) is 11.2. The second-order valence-corrected chi connectivity index (χ2v) is 7.40. The zero-order valence-electron chi connectivity index (χ0n) is 13.2. The van der Waals surface area contributed by atoms with Crippen molar-refractivity contribution in [2.24, 2.45) is 11.8 Å². The number of nitrogens with one attached hydrogen (secondary N) is 1. The molecule has 3 heteroatoms. The van der Waals surface area contributed by atoms with Crippen LogP contribution in [0.5, 0.6) is 0 Å². The van der Waals surface area contributed by atoms with Gasteiger partial charge in [-0.3, -0.25) is 0 Å². The van der Waals surface area contributed by atoms with Gasteiger partial charge in [-0.2, -0.15) is 0 Å². The molecular weight excluding hydrogens is 248 g/mol. The first-order valence-corrected chi connectivity index (χ1v) is 8.83. The molecule has 3 fully saturated rings. The minimum Gasteiger partial charge on any atom is -0.381 e. The summed E-state index contributed by atoms with van der Waals surface area (Å²) in [7, 11) is 2.29. The molecular formula is C17H32N2O. The lowest BCUT2D eigenvalue weighted by Gasteiger charge is -2.42. The number of rotatable bonds is 4. The summed E-state index contributed by atoms with van der Waals surface area (Å²) in [5.41, 5.74) is 0. The second-order valence-electron chi connectivity index (χ2n) is 7.40. The SMILES string of the molecule is CN(CC1CCCOC1)CC1CCC2CCCCC2N1. The van der Waals surface area contributed by atoms with Crippen LogP contribution in [-0.4, -0.2) is 50.3 Å². The molecule has 0 aromatic rings. The van der Waals surface area contributed by atoms with Crippen molar-refractivity contribution in [2.75, 3.05) is 33.4 Å². The standard InChI is InChI=1S/C17H32N2O/c1-19(11-14-5-4-10-20-13-14)12-16-9-8-15-6-2-3-7-17(15)18-16/h14-18H,2-13H2,1H3. The van der Waals surface area contributed by atoms with E-state index in [9.17, 15) is 0 Å². The van der Waals surface area contributed by atoms with E-state index < -0.39 is 0 Å². The maximum absolute atomic E-state index is 5.60. The zero-order valence-corrected chi connectivity index (χ0v) is 13.2. The number of piperidine rings is 1. The Bertz CT molecular complexity index is 291. The van der Waals surface area contributed by atoms with Crippen molar-refractivity contribution < 1.29 is 4.74 Å². The molecule has 1 N–H and O–H groups in total. The summed E-state index contributed by atoms with van der Waals surface area (Å²) in [5.74, 6) is 1.75. The molecule has 2 saturated heterocycles. The monoisotopic (exact) mass is 280 g/mol. The van der Waals surface area contributed by atoms with Crippen molar-refractivity contribution >= 4 is 0 Å². The van der Waals surface area contributed by atoms with Crippen LogP contribution in [0.25, 0.3) is 0 Å². The Labute approximate surface area is 124 Å². The Morgan fingerprint density at radius 2 is 1.90 bits per heavy atom. The lowest BCUT2D eigenvalue weighted by atomic mass is 9.77. The molecule has 1 aliphatic carbocycles. The van der Waals surface area contributed by atoms with Crippen molar-refractivity contribution in [3.05, 3.63) is 0 Å². The largest absolute Gasteiger partial charge is 0.381 e. The normalized spacial score (nSPS) is 38.7. The van der Waals surface area contributed by atoms with Gasteiger partial charge in [-0.1, -0.05) is 12.8 Å². The molecule has 20 heavy (non-hydrogen) atoms. The van der Waals surface area contributed by atoms with Gasteiger partial charge in [-0.05, 0) is 57.4 Å². The topological polar surface area (TPSA) is 24.5 Å². The molecule has 4 atom stereocenters. The zero-order chi connectivity index (χ0) is 13.8. The van der Waals surface area contributed by atoms with E-state index in [0.29, 0.717) is 0 Å². The van der Waals surface area contributed by atoms with Gasteiger partial charge in [0.25, 0.3) is 0 Å². The number of hydrogen-bond acceptors (Lipinski definition) is 3. The maximum atomic E-state index is 5.60. The molecule has 1 saturated carbocycles. The molecule has 2 aliphatic heterocycles. The van der Waals surface area contributed by atoms with Crippen LogP contribution < -0.4 is 5.32 Å². The molecule has 4 unspecified atom stereocenters. The number of fused-ring (bicyclic) bond motifs is 1. The molecule has 0 aromatic carbocycles. The highest BCUT2D eigenvalue weighted by molar-refractivity contribution is 4.90. The maximum Gasteiger partial charge on any atom is 0.0506 e. The van der Waals surface area contributed by atoms with Crippen molar-refractivity contribution in [1.29, 1.82) is 0 Å². The van der Waals surface area contributed by atoms with Gasteiger partial charge in [0.2, 0.25) is 0 Å². The van der Waals surface area contributed by atoms with E-state index in [1.165, 1.54) is 64.5 Å². The summed E-state index contributed by atoms with van der Waals surface area (Å²) >= 11 is 0. The fourth-order valence-corrected chi connectivity index (χ4v) is 4.56. The van der Waals surface area contributed by atoms with E-state index in [2.05, 4.69) is 17.3 Å². The highest BCUT2D eigenvalue weighted by Gasteiger charge is 2.32. The second kappa shape index (κ2) is 7.24. The lowest BCUT2D eigenvalue weighted by molar-refractivity contribution is 0.0392. The van der Waals surface area contributed by atoms with E-state index >= 15 is 0 Å². The third kappa shape index (κ3) is 3.96. The number of hydrogen-bond donors (Lipinski definition) is 1. The highest BCUT2D eigenvalue weighted by Crippen LogP contribution is 2.32. The van der Waals surface area contributed by atoms with E-state index in [-0.39, 0.29) is 0 Å². The van der Waals surface area contributed by atoms with Gasteiger partial charge in [0.1, 0.15) is 0 Å². The lowest BCUT2D eigenvalue weighted by Crippen LogP contribution is -2.52. The highest BCUT2D eigenvalue weighted by atomic mass is 16.5. The summed E-state index contributed by atoms with van der Waals surface area (Å²) in [4.78, 5) is 2.54. The Balaban J connectivity index is 1.40. The Kier molecular flexibility index (Phi) is 5.36. The first-order valence-electron chi connectivity index (χ1n) is 8.83. The smallest absolute Gasteiger partial charge is 0.0506 e. The number of nitrogens with zero attached hydrogens (tertiary/aromatic N) is 1. The Morgan fingerprint density at radius 1 is 1.00 bits per heavy atom. The van der Waals surface area contributed by atoms with Gasteiger partial charge in [0.15, 0.2) is 0 Å². The predicted molar refractivity (Wildman–Crippen MR) is 82.9 cm³/mol. The quantitative estimate of drug-likeness (QED) is 0.857. The van der Waals surface area contributed by atoms with Crippen LogP contribution in [0.4, 0.5) is 0 Å². The van der Waals surface area contributed by atoms with Gasteiger partial charge in [-0.25, -0.2) is 0 Å². The van der Waals surface area contributed by atoms with Gasteiger partial charge < -0.3 is 15.0 Å². The van der Waals surface area contributed by atoms with Crippen LogP contribution in [0.2, 0.25) is 0 Å². The van der Waals surface area contributed by atoms with Gasteiger partial charge in [0, 0.05) is 31.8 Å². The van der Waals surface area contributed by atoms with Crippen molar-refractivity contribution in [1.82, 2.24) is 10.2 Å². The van der Waals surface area contributed by atoms with Crippen LogP contribution >= 0.6 is 0 Å². The predicted octanol–water partition coefficient (Wildman–Crippen LogP) is 2.66. The molecule has 0 bridgehead atoms. The minimum absolute atomic E-state index is 0.726. The van der Waals surface area contributed by atoms with Crippen molar-refractivity contribution in [3.63, 3.8) is 0 Å². The molecule has 3 nitrogen and oxygen atoms in total. The third-order valence-electron chi connectivity index (χ3n) is 5.60. The van der Waals surface area contributed by atoms with E-state index in [0.717, 1.165) is 37.1 Å². The number of likely N-dealkylation sites (N-methyl/N-ethyl adjacent to an activating group) is 1. The van der Waals surface area contributed by atoms with Crippen LogP contribution in [0.15, 0.2) is 0 Å². The molecule has 116 valence electrons. The first kappa shape index (κ1) is 14.8. The minimum atomic E-state index is 0.726. The third-order valence-corrected chi connectivity index (χ3v) is 5.60. The molecule has 0 aromatic heterocycles. The average Bonchev–Trinajstić information content (AvgIpc) is 2.48. The first-order chi connectivity index (χ1) is 9.81. The van der Waals surface area contributed by atoms with E-state index in [4.69, 9.17) is 4.74 Å². The van der Waals surface area contributed by atoms with E-state index in [1.54, 1.807) is 0 Å². The Morgan fingerprint density at radius 3 is 2.75 bits per heavy atom. The van der Waals surface area contributed by atoms with Crippen LogP contribution in [-0.2, 0) is 4.74 Å². The summed E-state index contributed by atoms with van der Waals surface area (Å²) in [5, 5.41) is 3.95. The van der Waals surface area contributed by atoms with Crippen LogP contribution in [0.1, 0.15) is 51.4 Å². The van der Waals surface area contributed by atoms with Crippen LogP contribution in [0, 0.1) is 11.8 Å². The molecule has 2 heterocycles. The molecule has 0 radical (unpaired) electrons.